The van der Waals surface area contributed by atoms with E-state index in [2.05, 4.69) is 5.32 Å². The second-order valence-electron chi connectivity index (χ2n) is 5.55. The fraction of sp³-hybridized carbons (Fsp3) is 0.846. The third kappa shape index (κ3) is 4.70. The summed E-state index contributed by atoms with van der Waals surface area (Å²) in [6.07, 6.45) is 3.32. The van der Waals surface area contributed by atoms with Gasteiger partial charge in [-0.3, -0.25) is 4.79 Å². The fourth-order valence-electron chi connectivity index (χ4n) is 2.55. The van der Waals surface area contributed by atoms with E-state index in [1.807, 2.05) is 13.8 Å². The minimum absolute atomic E-state index is 0.0310. The first kappa shape index (κ1) is 15.8. The molecule has 2 atom stereocenters. The number of aliphatic hydroxyl groups excluding tert-OH is 1. The molecule has 110 valence electrons. The van der Waals surface area contributed by atoms with Crippen LogP contribution in [0.15, 0.2) is 0 Å². The second kappa shape index (κ2) is 7.33. The van der Waals surface area contributed by atoms with Crippen molar-refractivity contribution >= 4 is 11.9 Å². The Morgan fingerprint density at radius 2 is 2.11 bits per heavy atom. The summed E-state index contributed by atoms with van der Waals surface area (Å²) in [5.41, 5.74) is 5.13. The molecule has 0 aromatic carbocycles. The van der Waals surface area contributed by atoms with Gasteiger partial charge in [0.2, 0.25) is 5.91 Å². The number of nitrogens with two attached hydrogens (primary N) is 1. The normalized spacial score (nSPS) is 21.3. The lowest BCUT2D eigenvalue weighted by Gasteiger charge is -2.37. The molecule has 1 aliphatic rings. The van der Waals surface area contributed by atoms with E-state index in [1.165, 1.54) is 0 Å². The highest BCUT2D eigenvalue weighted by Gasteiger charge is 2.32. The highest BCUT2D eigenvalue weighted by Crippen LogP contribution is 2.19. The largest absolute Gasteiger partial charge is 0.394 e. The summed E-state index contributed by atoms with van der Waals surface area (Å²) in [7, 11) is 0. The van der Waals surface area contributed by atoms with Crippen molar-refractivity contribution in [3.8, 4) is 0 Å². The van der Waals surface area contributed by atoms with E-state index < -0.39 is 12.1 Å². The first-order valence-electron chi connectivity index (χ1n) is 6.93. The van der Waals surface area contributed by atoms with Gasteiger partial charge in [-0.05, 0) is 31.6 Å². The van der Waals surface area contributed by atoms with Gasteiger partial charge in [-0.2, -0.15) is 0 Å². The van der Waals surface area contributed by atoms with Crippen LogP contribution >= 0.6 is 0 Å². The van der Waals surface area contributed by atoms with Gasteiger partial charge in [0.1, 0.15) is 6.04 Å². The van der Waals surface area contributed by atoms with Gasteiger partial charge < -0.3 is 21.1 Å². The third-order valence-electron chi connectivity index (χ3n) is 3.44. The number of carbonyl (C=O) groups excluding carboxylic acids is 2. The van der Waals surface area contributed by atoms with E-state index in [0.717, 1.165) is 19.3 Å². The maximum absolute atomic E-state index is 12.5. The van der Waals surface area contributed by atoms with E-state index >= 15 is 0 Å². The number of likely N-dealkylation sites (tertiary alicyclic amines) is 1. The van der Waals surface area contributed by atoms with E-state index in [1.54, 1.807) is 4.90 Å². The smallest absolute Gasteiger partial charge is 0.312 e. The van der Waals surface area contributed by atoms with Crippen LogP contribution in [0.2, 0.25) is 0 Å². The Hall–Kier alpha value is -1.30. The maximum atomic E-state index is 12.5. The second-order valence-corrected chi connectivity index (χ2v) is 5.55. The van der Waals surface area contributed by atoms with Gasteiger partial charge in [0, 0.05) is 6.54 Å². The molecule has 6 heteroatoms. The standard InChI is InChI=1S/C13H25N3O3/c1-9(2)7-11(15-13(14)19)12(18)16-6-4-3-5-10(16)8-17/h9-11,17H,3-8H2,1-2H3,(H3,14,15,19). The molecule has 0 aromatic rings. The van der Waals surface area contributed by atoms with Gasteiger partial charge in [0.15, 0.2) is 0 Å². The Morgan fingerprint density at radius 3 is 2.63 bits per heavy atom. The third-order valence-corrected chi connectivity index (χ3v) is 3.44. The van der Waals surface area contributed by atoms with Crippen LogP contribution in [0, 0.1) is 5.92 Å². The molecule has 3 amide bonds. The van der Waals surface area contributed by atoms with Crippen molar-refractivity contribution in [2.75, 3.05) is 13.2 Å². The van der Waals surface area contributed by atoms with Crippen LogP contribution in [0.5, 0.6) is 0 Å². The molecular formula is C13H25N3O3. The van der Waals surface area contributed by atoms with Crippen molar-refractivity contribution in [1.29, 1.82) is 0 Å². The van der Waals surface area contributed by atoms with E-state index in [-0.39, 0.29) is 24.5 Å². The van der Waals surface area contributed by atoms with Crippen LogP contribution in [-0.4, -0.2) is 47.2 Å². The molecule has 0 spiro atoms. The molecule has 0 saturated carbocycles. The highest BCUT2D eigenvalue weighted by atomic mass is 16.3. The minimum Gasteiger partial charge on any atom is -0.394 e. The topological polar surface area (TPSA) is 95.7 Å². The summed E-state index contributed by atoms with van der Waals surface area (Å²) < 4.78 is 0. The van der Waals surface area contributed by atoms with Gasteiger partial charge in [0.05, 0.1) is 12.6 Å². The van der Waals surface area contributed by atoms with Crippen molar-refractivity contribution in [3.05, 3.63) is 0 Å². The van der Waals surface area contributed by atoms with Gasteiger partial charge in [-0.25, -0.2) is 4.79 Å². The number of rotatable bonds is 5. The summed E-state index contributed by atoms with van der Waals surface area (Å²) >= 11 is 0. The summed E-state index contributed by atoms with van der Waals surface area (Å²) in [5, 5.41) is 11.9. The van der Waals surface area contributed by atoms with Crippen molar-refractivity contribution in [1.82, 2.24) is 10.2 Å². The molecule has 0 aliphatic carbocycles. The van der Waals surface area contributed by atoms with Crippen LogP contribution in [0.4, 0.5) is 4.79 Å². The zero-order valence-electron chi connectivity index (χ0n) is 11.8. The van der Waals surface area contributed by atoms with Crippen molar-refractivity contribution in [2.45, 2.75) is 51.6 Å². The molecular weight excluding hydrogens is 246 g/mol. The lowest BCUT2D eigenvalue weighted by atomic mass is 9.98. The van der Waals surface area contributed by atoms with Crippen LogP contribution < -0.4 is 11.1 Å². The summed E-state index contributed by atoms with van der Waals surface area (Å²) in [5.74, 6) is 0.143. The average molecular weight is 271 g/mol. The van der Waals surface area contributed by atoms with Crippen molar-refractivity contribution in [2.24, 2.45) is 11.7 Å². The predicted octanol–water partition coefficient (Wildman–Crippen LogP) is 0.443. The van der Waals surface area contributed by atoms with Crippen LogP contribution in [0.3, 0.4) is 0 Å². The highest BCUT2D eigenvalue weighted by molar-refractivity contribution is 5.86. The maximum Gasteiger partial charge on any atom is 0.312 e. The summed E-state index contributed by atoms with van der Waals surface area (Å²) in [4.78, 5) is 25.2. The number of urea groups is 1. The first-order chi connectivity index (χ1) is 8.95. The summed E-state index contributed by atoms with van der Waals surface area (Å²) in [6, 6.07) is -1.41. The number of carbonyl (C=O) groups is 2. The number of aliphatic hydroxyl groups is 1. The lowest BCUT2D eigenvalue weighted by Crippen LogP contribution is -2.55. The Kier molecular flexibility index (Phi) is 6.08. The molecule has 1 saturated heterocycles. The van der Waals surface area contributed by atoms with E-state index in [0.29, 0.717) is 13.0 Å². The molecule has 4 N–H and O–H groups in total. The number of nitrogens with zero attached hydrogens (tertiary/aromatic N) is 1. The molecule has 0 bridgehead atoms. The van der Waals surface area contributed by atoms with E-state index in [9.17, 15) is 14.7 Å². The number of primary amides is 1. The molecule has 1 aliphatic heterocycles. The quantitative estimate of drug-likeness (QED) is 0.677. The number of nitrogens with one attached hydrogen (secondary N) is 1. The molecule has 6 nitrogen and oxygen atoms in total. The van der Waals surface area contributed by atoms with Crippen LogP contribution in [0.25, 0.3) is 0 Å². The van der Waals surface area contributed by atoms with E-state index in [4.69, 9.17) is 5.73 Å². The Balaban J connectivity index is 2.75. The first-order valence-corrected chi connectivity index (χ1v) is 6.93. The van der Waals surface area contributed by atoms with Gasteiger partial charge in [-0.1, -0.05) is 13.8 Å². The monoisotopic (exact) mass is 271 g/mol. The number of piperidine rings is 1. The Morgan fingerprint density at radius 1 is 1.42 bits per heavy atom. The zero-order chi connectivity index (χ0) is 14.4. The molecule has 1 rings (SSSR count). The molecule has 19 heavy (non-hydrogen) atoms. The fourth-order valence-corrected chi connectivity index (χ4v) is 2.55. The molecule has 0 radical (unpaired) electrons. The predicted molar refractivity (Wildman–Crippen MR) is 72.4 cm³/mol. The van der Waals surface area contributed by atoms with Crippen LogP contribution in [0.1, 0.15) is 39.5 Å². The average Bonchev–Trinajstić information content (AvgIpc) is 2.36. The molecule has 0 aromatic heterocycles. The molecule has 1 heterocycles. The van der Waals surface area contributed by atoms with Crippen molar-refractivity contribution < 1.29 is 14.7 Å². The summed E-state index contributed by atoms with van der Waals surface area (Å²) in [6.45, 7) is 4.58. The Labute approximate surface area is 114 Å². The molecule has 2 unspecified atom stereocenters. The van der Waals surface area contributed by atoms with Gasteiger partial charge in [-0.15, -0.1) is 0 Å². The minimum atomic E-state index is -0.684. The van der Waals surface area contributed by atoms with Crippen LogP contribution in [-0.2, 0) is 4.79 Å². The number of hydrogen-bond donors (Lipinski definition) is 3. The van der Waals surface area contributed by atoms with Gasteiger partial charge >= 0.3 is 6.03 Å². The number of amides is 3. The van der Waals surface area contributed by atoms with Gasteiger partial charge in [0.25, 0.3) is 0 Å². The van der Waals surface area contributed by atoms with Crippen molar-refractivity contribution in [3.63, 3.8) is 0 Å². The molecule has 1 fully saturated rings. The Bertz CT molecular complexity index is 320. The number of hydrogen-bond acceptors (Lipinski definition) is 3. The lowest BCUT2D eigenvalue weighted by molar-refractivity contribution is -0.138. The zero-order valence-corrected chi connectivity index (χ0v) is 11.8. The SMILES string of the molecule is CC(C)CC(NC(N)=O)C(=O)N1CCCCC1CO.